The van der Waals surface area contributed by atoms with Crippen LogP contribution in [0.25, 0.3) is 0 Å². The summed E-state index contributed by atoms with van der Waals surface area (Å²) in [7, 11) is 1.36. The van der Waals surface area contributed by atoms with Crippen LogP contribution >= 0.6 is 11.6 Å². The van der Waals surface area contributed by atoms with Gasteiger partial charge in [-0.3, -0.25) is 4.79 Å². The van der Waals surface area contributed by atoms with Gasteiger partial charge in [-0.1, -0.05) is 23.7 Å². The number of anilines is 1. The number of nitrogen functional groups attached to an aromatic ring is 1. The number of methoxy groups -OCH3 is 1. The van der Waals surface area contributed by atoms with Gasteiger partial charge >= 0.3 is 5.97 Å². The monoisotopic (exact) mass is 291 g/mol. The number of hydrogen-bond acceptors (Lipinski definition) is 4. The molecule has 0 aromatic heterocycles. The lowest BCUT2D eigenvalue weighted by Crippen LogP contribution is -2.04. The zero-order valence-corrected chi connectivity index (χ0v) is 11.7. The highest BCUT2D eigenvalue weighted by Crippen LogP contribution is 2.29. The topological polar surface area (TPSA) is 61.5 Å². The smallest absolute Gasteiger partial charge is 0.309 e. The Hall–Kier alpha value is -2.20. The first kappa shape index (κ1) is 14.2. The van der Waals surface area contributed by atoms with E-state index in [2.05, 4.69) is 4.74 Å². The second kappa shape index (κ2) is 6.30. The van der Waals surface area contributed by atoms with Crippen molar-refractivity contribution >= 4 is 23.3 Å². The third kappa shape index (κ3) is 3.65. The van der Waals surface area contributed by atoms with E-state index in [1.807, 2.05) is 0 Å². The largest absolute Gasteiger partial charge is 0.469 e. The van der Waals surface area contributed by atoms with Crippen molar-refractivity contribution in [2.24, 2.45) is 0 Å². The van der Waals surface area contributed by atoms with Crippen molar-refractivity contribution in [3.63, 3.8) is 0 Å². The van der Waals surface area contributed by atoms with Crippen LogP contribution in [0, 0.1) is 0 Å². The minimum absolute atomic E-state index is 0.236. The molecule has 0 heterocycles. The van der Waals surface area contributed by atoms with Crippen LogP contribution in [0.5, 0.6) is 11.5 Å². The lowest BCUT2D eigenvalue weighted by Gasteiger charge is -2.09. The van der Waals surface area contributed by atoms with E-state index in [0.717, 1.165) is 5.56 Å². The van der Waals surface area contributed by atoms with Crippen molar-refractivity contribution < 1.29 is 14.3 Å². The molecule has 0 aliphatic rings. The van der Waals surface area contributed by atoms with E-state index in [1.165, 1.54) is 7.11 Å². The second-order valence-electron chi connectivity index (χ2n) is 4.18. The SMILES string of the molecule is COC(=O)Cc1ccc(Oc2ccc(Cl)cc2N)cc1. The molecular formula is C15H14ClNO3. The van der Waals surface area contributed by atoms with Gasteiger partial charge in [-0.05, 0) is 35.9 Å². The molecular weight excluding hydrogens is 278 g/mol. The molecule has 2 aromatic rings. The predicted octanol–water partition coefficient (Wildman–Crippen LogP) is 3.43. The Bertz CT molecular complexity index is 611. The standard InChI is InChI=1S/C15H14ClNO3/c1-19-15(18)8-10-2-5-12(6-3-10)20-14-7-4-11(16)9-13(14)17/h2-7,9H,8,17H2,1H3. The average Bonchev–Trinajstić information content (AvgIpc) is 2.44. The van der Waals surface area contributed by atoms with E-state index in [4.69, 9.17) is 22.1 Å². The van der Waals surface area contributed by atoms with Crippen LogP contribution in [0.3, 0.4) is 0 Å². The maximum atomic E-state index is 11.2. The summed E-state index contributed by atoms with van der Waals surface area (Å²) in [6, 6.07) is 12.2. The first-order valence-corrected chi connectivity index (χ1v) is 6.35. The third-order valence-corrected chi connectivity index (χ3v) is 2.93. The molecule has 2 N–H and O–H groups in total. The van der Waals surface area contributed by atoms with Crippen LogP contribution in [0.1, 0.15) is 5.56 Å². The first-order chi connectivity index (χ1) is 9.58. The van der Waals surface area contributed by atoms with E-state index >= 15 is 0 Å². The Morgan fingerprint density at radius 2 is 1.90 bits per heavy atom. The van der Waals surface area contributed by atoms with Crippen LogP contribution in [-0.2, 0) is 16.0 Å². The summed E-state index contributed by atoms with van der Waals surface area (Å²) in [5.41, 5.74) is 7.14. The Kier molecular flexibility index (Phi) is 4.48. The number of hydrogen-bond donors (Lipinski definition) is 1. The van der Waals surface area contributed by atoms with Gasteiger partial charge in [-0.2, -0.15) is 0 Å². The van der Waals surface area contributed by atoms with Gasteiger partial charge in [0.15, 0.2) is 0 Å². The van der Waals surface area contributed by atoms with E-state index in [-0.39, 0.29) is 12.4 Å². The van der Waals surface area contributed by atoms with Crippen LogP contribution in [-0.4, -0.2) is 13.1 Å². The van der Waals surface area contributed by atoms with E-state index < -0.39 is 0 Å². The number of ether oxygens (including phenoxy) is 2. The normalized spacial score (nSPS) is 10.1. The Morgan fingerprint density at radius 3 is 2.50 bits per heavy atom. The summed E-state index contributed by atoms with van der Waals surface area (Å²) in [5, 5.41) is 0.559. The fourth-order valence-corrected chi connectivity index (χ4v) is 1.83. The summed E-state index contributed by atoms with van der Waals surface area (Å²) in [5.74, 6) is 0.892. The lowest BCUT2D eigenvalue weighted by atomic mass is 10.1. The molecule has 0 radical (unpaired) electrons. The summed E-state index contributed by atoms with van der Waals surface area (Å²) in [6.07, 6.45) is 0.236. The zero-order chi connectivity index (χ0) is 14.5. The molecule has 0 unspecified atom stereocenters. The highest BCUT2D eigenvalue weighted by Gasteiger charge is 2.05. The average molecular weight is 292 g/mol. The van der Waals surface area contributed by atoms with Crippen LogP contribution in [0.4, 0.5) is 5.69 Å². The van der Waals surface area contributed by atoms with Crippen LogP contribution in [0.15, 0.2) is 42.5 Å². The number of carbonyl (C=O) groups excluding carboxylic acids is 1. The molecule has 0 spiro atoms. The van der Waals surface area contributed by atoms with Crippen LogP contribution < -0.4 is 10.5 Å². The van der Waals surface area contributed by atoms with Crippen molar-refractivity contribution in [3.8, 4) is 11.5 Å². The molecule has 0 saturated carbocycles. The molecule has 0 saturated heterocycles. The number of nitrogens with two attached hydrogens (primary N) is 1. The molecule has 0 atom stereocenters. The molecule has 4 nitrogen and oxygen atoms in total. The molecule has 0 aliphatic carbocycles. The molecule has 0 fully saturated rings. The zero-order valence-electron chi connectivity index (χ0n) is 10.9. The predicted molar refractivity (Wildman–Crippen MR) is 78.1 cm³/mol. The molecule has 5 heteroatoms. The van der Waals surface area contributed by atoms with Crippen molar-refractivity contribution in [1.82, 2.24) is 0 Å². The van der Waals surface area contributed by atoms with E-state index in [0.29, 0.717) is 22.2 Å². The van der Waals surface area contributed by atoms with Gasteiger partial charge in [0.2, 0.25) is 0 Å². The summed E-state index contributed by atoms with van der Waals surface area (Å²) in [4.78, 5) is 11.2. The fourth-order valence-electron chi connectivity index (χ4n) is 1.65. The van der Waals surface area contributed by atoms with Gasteiger partial charge in [0.25, 0.3) is 0 Å². The number of halogens is 1. The molecule has 104 valence electrons. The summed E-state index contributed by atoms with van der Waals surface area (Å²) in [6.45, 7) is 0. The minimum atomic E-state index is -0.277. The Balaban J connectivity index is 2.08. The van der Waals surface area contributed by atoms with Gasteiger partial charge < -0.3 is 15.2 Å². The van der Waals surface area contributed by atoms with Crippen molar-refractivity contribution in [1.29, 1.82) is 0 Å². The van der Waals surface area contributed by atoms with Gasteiger partial charge in [0.05, 0.1) is 19.2 Å². The highest BCUT2D eigenvalue weighted by molar-refractivity contribution is 6.30. The van der Waals surface area contributed by atoms with Gasteiger partial charge in [0, 0.05) is 5.02 Å². The maximum Gasteiger partial charge on any atom is 0.309 e. The number of rotatable bonds is 4. The Morgan fingerprint density at radius 1 is 1.20 bits per heavy atom. The quantitative estimate of drug-likeness (QED) is 0.692. The fraction of sp³-hybridized carbons (Fsp3) is 0.133. The number of esters is 1. The highest BCUT2D eigenvalue weighted by atomic mass is 35.5. The minimum Gasteiger partial charge on any atom is -0.469 e. The van der Waals surface area contributed by atoms with E-state index in [9.17, 15) is 4.79 Å². The van der Waals surface area contributed by atoms with Crippen molar-refractivity contribution in [2.45, 2.75) is 6.42 Å². The van der Waals surface area contributed by atoms with Crippen molar-refractivity contribution in [3.05, 3.63) is 53.1 Å². The van der Waals surface area contributed by atoms with E-state index in [1.54, 1.807) is 42.5 Å². The van der Waals surface area contributed by atoms with Crippen LogP contribution in [0.2, 0.25) is 5.02 Å². The Labute approximate surface area is 122 Å². The molecule has 20 heavy (non-hydrogen) atoms. The van der Waals surface area contributed by atoms with Crippen molar-refractivity contribution in [2.75, 3.05) is 12.8 Å². The molecule has 0 amide bonds. The lowest BCUT2D eigenvalue weighted by molar-refractivity contribution is -0.139. The summed E-state index contributed by atoms with van der Waals surface area (Å²) >= 11 is 5.82. The van der Waals surface area contributed by atoms with Gasteiger partial charge in [0.1, 0.15) is 11.5 Å². The van der Waals surface area contributed by atoms with Gasteiger partial charge in [-0.15, -0.1) is 0 Å². The number of carbonyl (C=O) groups is 1. The second-order valence-corrected chi connectivity index (χ2v) is 4.62. The molecule has 0 bridgehead atoms. The van der Waals surface area contributed by atoms with Gasteiger partial charge in [-0.25, -0.2) is 0 Å². The molecule has 2 aromatic carbocycles. The maximum absolute atomic E-state index is 11.2. The molecule has 0 aliphatic heterocycles. The first-order valence-electron chi connectivity index (χ1n) is 5.97. The third-order valence-electron chi connectivity index (χ3n) is 2.70. The number of benzene rings is 2. The molecule has 2 rings (SSSR count). The summed E-state index contributed by atoms with van der Waals surface area (Å²) < 4.78 is 10.3.